The molecule has 1 fully saturated rings. The third-order valence-electron chi connectivity index (χ3n) is 2.89. The highest BCUT2D eigenvalue weighted by atomic mass is 127. The smallest absolute Gasteiger partial charge is 0.191 e. The van der Waals surface area contributed by atoms with E-state index in [0.29, 0.717) is 30.9 Å². The van der Waals surface area contributed by atoms with Gasteiger partial charge in [-0.3, -0.25) is 0 Å². The molecule has 0 bridgehead atoms. The van der Waals surface area contributed by atoms with Crippen molar-refractivity contribution >= 4 is 29.9 Å². The third kappa shape index (κ3) is 5.22. The van der Waals surface area contributed by atoms with Crippen molar-refractivity contribution in [3.05, 3.63) is 30.1 Å². The Balaban J connectivity index is 0.00000180. The molecule has 2 N–H and O–H groups in total. The zero-order valence-corrected chi connectivity index (χ0v) is 13.2. The van der Waals surface area contributed by atoms with Gasteiger partial charge in [0.15, 0.2) is 5.96 Å². The van der Waals surface area contributed by atoms with Gasteiger partial charge >= 0.3 is 0 Å². The van der Waals surface area contributed by atoms with Crippen LogP contribution in [0.1, 0.15) is 12.8 Å². The first-order valence-corrected chi connectivity index (χ1v) is 6.08. The fourth-order valence-corrected chi connectivity index (χ4v) is 1.64. The molecule has 1 aromatic carbocycles. The molecular formula is C13H19FIN3O. The van der Waals surface area contributed by atoms with Gasteiger partial charge in [-0.1, -0.05) is 6.07 Å². The second-order valence-electron chi connectivity index (χ2n) is 4.39. The molecule has 0 heterocycles. The molecular weight excluding hydrogens is 360 g/mol. The molecule has 106 valence electrons. The van der Waals surface area contributed by atoms with Crippen LogP contribution in [0.25, 0.3) is 0 Å². The van der Waals surface area contributed by atoms with E-state index in [2.05, 4.69) is 4.99 Å². The number of halogens is 2. The second-order valence-corrected chi connectivity index (χ2v) is 4.39. The van der Waals surface area contributed by atoms with Gasteiger partial charge in [-0.2, -0.15) is 0 Å². The van der Waals surface area contributed by atoms with E-state index in [1.165, 1.54) is 25.0 Å². The molecule has 0 saturated heterocycles. The van der Waals surface area contributed by atoms with Crippen LogP contribution in [-0.4, -0.2) is 37.1 Å². The van der Waals surface area contributed by atoms with Gasteiger partial charge in [0.05, 0.1) is 6.54 Å². The molecule has 0 radical (unpaired) electrons. The summed E-state index contributed by atoms with van der Waals surface area (Å²) >= 11 is 0. The standard InChI is InChI=1S/C13H18FN3O.HI/c1-17(11-5-6-11)13(15)16-7-8-18-12-4-2-3-10(14)9-12;/h2-4,9,11H,5-8H2,1H3,(H2,15,16);1H. The summed E-state index contributed by atoms with van der Waals surface area (Å²) < 4.78 is 18.2. The normalized spacial score (nSPS) is 14.7. The number of hydrogen-bond donors (Lipinski definition) is 1. The minimum atomic E-state index is -0.302. The number of rotatable bonds is 5. The fraction of sp³-hybridized carbons (Fsp3) is 0.462. The molecule has 0 aliphatic heterocycles. The van der Waals surface area contributed by atoms with Crippen molar-refractivity contribution in [1.29, 1.82) is 0 Å². The number of aliphatic imine (C=N–C) groups is 1. The molecule has 4 nitrogen and oxygen atoms in total. The van der Waals surface area contributed by atoms with E-state index in [1.54, 1.807) is 12.1 Å². The fourth-order valence-electron chi connectivity index (χ4n) is 1.64. The van der Waals surface area contributed by atoms with Crippen LogP contribution in [0.15, 0.2) is 29.3 Å². The average molecular weight is 379 g/mol. The summed E-state index contributed by atoms with van der Waals surface area (Å²) in [6.07, 6.45) is 2.37. The lowest BCUT2D eigenvalue weighted by Gasteiger charge is -2.16. The van der Waals surface area contributed by atoms with Gasteiger partial charge in [0.25, 0.3) is 0 Å². The number of ether oxygens (including phenoxy) is 1. The summed E-state index contributed by atoms with van der Waals surface area (Å²) in [5, 5.41) is 0. The van der Waals surface area contributed by atoms with Gasteiger partial charge in [0.1, 0.15) is 18.2 Å². The van der Waals surface area contributed by atoms with Crippen molar-refractivity contribution in [3.63, 3.8) is 0 Å². The molecule has 0 amide bonds. The van der Waals surface area contributed by atoms with E-state index in [4.69, 9.17) is 10.5 Å². The van der Waals surface area contributed by atoms with Gasteiger partial charge in [0, 0.05) is 19.2 Å². The Labute approximate surface area is 129 Å². The van der Waals surface area contributed by atoms with Crippen molar-refractivity contribution in [3.8, 4) is 5.75 Å². The van der Waals surface area contributed by atoms with Crippen LogP contribution in [0.5, 0.6) is 5.75 Å². The van der Waals surface area contributed by atoms with E-state index < -0.39 is 0 Å². The van der Waals surface area contributed by atoms with Crippen molar-refractivity contribution < 1.29 is 9.13 Å². The van der Waals surface area contributed by atoms with E-state index in [-0.39, 0.29) is 29.8 Å². The van der Waals surface area contributed by atoms with Crippen LogP contribution in [0.3, 0.4) is 0 Å². The van der Waals surface area contributed by atoms with Crippen molar-refractivity contribution in [2.75, 3.05) is 20.2 Å². The lowest BCUT2D eigenvalue weighted by molar-refractivity contribution is 0.326. The molecule has 2 rings (SSSR count). The summed E-state index contributed by atoms with van der Waals surface area (Å²) in [6.45, 7) is 0.863. The predicted molar refractivity (Wildman–Crippen MR) is 84.6 cm³/mol. The maximum absolute atomic E-state index is 12.9. The molecule has 19 heavy (non-hydrogen) atoms. The summed E-state index contributed by atoms with van der Waals surface area (Å²) in [6, 6.07) is 6.62. The molecule has 0 aromatic heterocycles. The molecule has 6 heteroatoms. The third-order valence-corrected chi connectivity index (χ3v) is 2.89. The number of guanidine groups is 1. The minimum absolute atomic E-state index is 0. The van der Waals surface area contributed by atoms with Gasteiger partial charge in [-0.15, -0.1) is 24.0 Å². The molecule has 0 spiro atoms. The maximum atomic E-state index is 12.9. The first-order chi connectivity index (χ1) is 8.66. The molecule has 1 aromatic rings. The van der Waals surface area contributed by atoms with Gasteiger partial charge in [0.2, 0.25) is 0 Å². The Morgan fingerprint density at radius 3 is 2.89 bits per heavy atom. The van der Waals surface area contributed by atoms with Crippen LogP contribution < -0.4 is 10.5 Å². The zero-order chi connectivity index (χ0) is 13.0. The summed E-state index contributed by atoms with van der Waals surface area (Å²) in [7, 11) is 1.95. The SMILES string of the molecule is CN(C(N)=NCCOc1cccc(F)c1)C1CC1.I. The number of hydrogen-bond acceptors (Lipinski definition) is 2. The maximum Gasteiger partial charge on any atom is 0.191 e. The second kappa shape index (κ2) is 7.52. The van der Waals surface area contributed by atoms with E-state index in [1.807, 2.05) is 11.9 Å². The Kier molecular flexibility index (Phi) is 6.33. The summed E-state index contributed by atoms with van der Waals surface area (Å²) in [5.41, 5.74) is 5.82. The number of nitrogens with two attached hydrogens (primary N) is 1. The Hall–Kier alpha value is -1.05. The lowest BCUT2D eigenvalue weighted by Crippen LogP contribution is -2.36. The average Bonchev–Trinajstić information content (AvgIpc) is 3.17. The quantitative estimate of drug-likeness (QED) is 0.370. The van der Waals surface area contributed by atoms with Crippen molar-refractivity contribution in [2.24, 2.45) is 10.7 Å². The monoisotopic (exact) mass is 379 g/mol. The van der Waals surface area contributed by atoms with Gasteiger partial charge < -0.3 is 15.4 Å². The van der Waals surface area contributed by atoms with E-state index in [0.717, 1.165) is 0 Å². The number of nitrogens with zero attached hydrogens (tertiary/aromatic N) is 2. The first-order valence-electron chi connectivity index (χ1n) is 6.08. The van der Waals surface area contributed by atoms with Crippen LogP contribution in [0, 0.1) is 5.82 Å². The minimum Gasteiger partial charge on any atom is -0.492 e. The van der Waals surface area contributed by atoms with Gasteiger partial charge in [-0.05, 0) is 25.0 Å². The molecule has 0 atom stereocenters. The number of benzene rings is 1. The first kappa shape index (κ1) is 16.0. The highest BCUT2D eigenvalue weighted by Gasteiger charge is 2.27. The largest absolute Gasteiger partial charge is 0.492 e. The van der Waals surface area contributed by atoms with Crippen LogP contribution in [0.2, 0.25) is 0 Å². The summed E-state index contributed by atoms with van der Waals surface area (Å²) in [4.78, 5) is 6.21. The topological polar surface area (TPSA) is 50.8 Å². The van der Waals surface area contributed by atoms with E-state index >= 15 is 0 Å². The highest BCUT2D eigenvalue weighted by molar-refractivity contribution is 14.0. The van der Waals surface area contributed by atoms with E-state index in [9.17, 15) is 4.39 Å². The van der Waals surface area contributed by atoms with Crippen molar-refractivity contribution in [1.82, 2.24) is 4.90 Å². The van der Waals surface area contributed by atoms with Crippen LogP contribution in [0.4, 0.5) is 4.39 Å². The van der Waals surface area contributed by atoms with Gasteiger partial charge in [-0.25, -0.2) is 9.38 Å². The Morgan fingerprint density at radius 1 is 1.53 bits per heavy atom. The van der Waals surface area contributed by atoms with Crippen LogP contribution >= 0.6 is 24.0 Å². The molecule has 1 aliphatic carbocycles. The van der Waals surface area contributed by atoms with Crippen molar-refractivity contribution in [2.45, 2.75) is 18.9 Å². The predicted octanol–water partition coefficient (Wildman–Crippen LogP) is 2.23. The Morgan fingerprint density at radius 2 is 2.26 bits per heavy atom. The molecule has 1 saturated carbocycles. The molecule has 1 aliphatic rings. The summed E-state index contributed by atoms with van der Waals surface area (Å²) in [5.74, 6) is 0.753. The lowest BCUT2D eigenvalue weighted by atomic mass is 10.3. The highest BCUT2D eigenvalue weighted by Crippen LogP contribution is 2.24. The Bertz CT molecular complexity index is 438. The zero-order valence-electron chi connectivity index (χ0n) is 10.9. The van der Waals surface area contributed by atoms with Crippen LogP contribution in [-0.2, 0) is 0 Å². The molecule has 0 unspecified atom stereocenters.